The number of rotatable bonds is 3. The number of carbonyl (C=O) groups is 1. The predicted octanol–water partition coefficient (Wildman–Crippen LogP) is 2.49. The maximum Gasteiger partial charge on any atom is 0.339 e. The third kappa shape index (κ3) is 2.80. The maximum absolute atomic E-state index is 13.1. The van der Waals surface area contributed by atoms with Crippen molar-refractivity contribution in [1.29, 1.82) is 0 Å². The monoisotopic (exact) mass is 290 g/mol. The molecule has 0 amide bonds. The van der Waals surface area contributed by atoms with Crippen LogP contribution in [-0.2, 0) is 9.53 Å². The zero-order valence-electron chi connectivity index (χ0n) is 8.96. The molecule has 0 spiro atoms. The normalized spacial score (nSPS) is 12.3. The molecule has 0 aliphatic heterocycles. The molecule has 5 heteroatoms. The second-order valence-corrected chi connectivity index (χ2v) is 4.11. The van der Waals surface area contributed by atoms with Gasteiger partial charge in [0.15, 0.2) is 6.10 Å². The molecule has 1 aromatic carbocycles. The van der Waals surface area contributed by atoms with Gasteiger partial charge in [-0.1, -0.05) is 15.9 Å². The van der Waals surface area contributed by atoms with E-state index in [2.05, 4.69) is 20.7 Å². The average Bonchev–Trinajstić information content (AvgIpc) is 2.22. The molecule has 0 fully saturated rings. The highest BCUT2D eigenvalue weighted by Gasteiger charge is 2.22. The molecule has 1 unspecified atom stereocenters. The van der Waals surface area contributed by atoms with Crippen LogP contribution in [0, 0.1) is 12.7 Å². The molecular weight excluding hydrogens is 279 g/mol. The van der Waals surface area contributed by atoms with Crippen LogP contribution in [0.4, 0.5) is 4.39 Å². The van der Waals surface area contributed by atoms with Crippen molar-refractivity contribution < 1.29 is 19.0 Å². The van der Waals surface area contributed by atoms with Gasteiger partial charge in [-0.15, -0.1) is 0 Å². The highest BCUT2D eigenvalue weighted by Crippen LogP contribution is 2.26. The van der Waals surface area contributed by atoms with E-state index in [0.717, 1.165) is 6.07 Å². The van der Waals surface area contributed by atoms with Gasteiger partial charge in [0.05, 0.1) is 6.61 Å². The third-order valence-corrected chi connectivity index (χ3v) is 2.98. The van der Waals surface area contributed by atoms with E-state index in [0.29, 0.717) is 10.0 Å². The van der Waals surface area contributed by atoms with Crippen molar-refractivity contribution in [2.45, 2.75) is 20.0 Å². The fraction of sp³-hybridized carbons (Fsp3) is 0.364. The van der Waals surface area contributed by atoms with E-state index in [1.165, 1.54) is 6.07 Å². The van der Waals surface area contributed by atoms with E-state index in [-0.39, 0.29) is 12.2 Å². The van der Waals surface area contributed by atoms with Crippen molar-refractivity contribution in [3.05, 3.63) is 33.5 Å². The van der Waals surface area contributed by atoms with Crippen molar-refractivity contribution >= 4 is 21.9 Å². The van der Waals surface area contributed by atoms with Crippen LogP contribution >= 0.6 is 15.9 Å². The Hall–Kier alpha value is -0.940. The molecule has 16 heavy (non-hydrogen) atoms. The molecule has 1 rings (SSSR count). The fourth-order valence-corrected chi connectivity index (χ4v) is 1.75. The molecule has 3 nitrogen and oxygen atoms in total. The highest BCUT2D eigenvalue weighted by atomic mass is 79.9. The quantitative estimate of drug-likeness (QED) is 0.870. The van der Waals surface area contributed by atoms with E-state index in [1.807, 2.05) is 0 Å². The first-order chi connectivity index (χ1) is 7.47. The standard InChI is InChI=1S/C11H12BrFO3/c1-3-16-11(15)10(14)8-4-7(13)5-9(12)6(8)2/h4-5,10,14H,3H2,1-2H3. The van der Waals surface area contributed by atoms with Gasteiger partial charge in [0, 0.05) is 4.47 Å². The molecule has 1 N–H and O–H groups in total. The Morgan fingerprint density at radius 2 is 2.25 bits per heavy atom. The first kappa shape index (κ1) is 13.1. The van der Waals surface area contributed by atoms with Crippen molar-refractivity contribution in [3.63, 3.8) is 0 Å². The summed E-state index contributed by atoms with van der Waals surface area (Å²) in [6.45, 7) is 3.49. The van der Waals surface area contributed by atoms with Gasteiger partial charge in [-0.25, -0.2) is 9.18 Å². The minimum atomic E-state index is -1.45. The Bertz CT molecular complexity index is 406. The maximum atomic E-state index is 13.1. The Kier molecular flexibility index (Phi) is 4.44. The fourth-order valence-electron chi connectivity index (χ4n) is 1.30. The molecule has 0 aliphatic rings. The largest absolute Gasteiger partial charge is 0.464 e. The van der Waals surface area contributed by atoms with Crippen LogP contribution in [0.15, 0.2) is 16.6 Å². The van der Waals surface area contributed by atoms with E-state index < -0.39 is 17.9 Å². The highest BCUT2D eigenvalue weighted by molar-refractivity contribution is 9.10. The van der Waals surface area contributed by atoms with Crippen molar-refractivity contribution in [1.82, 2.24) is 0 Å². The Morgan fingerprint density at radius 1 is 1.62 bits per heavy atom. The topological polar surface area (TPSA) is 46.5 Å². The van der Waals surface area contributed by atoms with Crippen LogP contribution in [0.25, 0.3) is 0 Å². The lowest BCUT2D eigenvalue weighted by atomic mass is 10.0. The molecule has 0 saturated heterocycles. The third-order valence-electron chi connectivity index (χ3n) is 2.15. The Balaban J connectivity index is 3.08. The molecule has 0 aliphatic carbocycles. The van der Waals surface area contributed by atoms with Gasteiger partial charge < -0.3 is 9.84 Å². The number of aliphatic hydroxyl groups excluding tert-OH is 1. The van der Waals surface area contributed by atoms with E-state index in [1.54, 1.807) is 13.8 Å². The number of carbonyl (C=O) groups excluding carboxylic acids is 1. The number of hydrogen-bond donors (Lipinski definition) is 1. The summed E-state index contributed by atoms with van der Waals surface area (Å²) < 4.78 is 18.3. The lowest BCUT2D eigenvalue weighted by molar-refractivity contribution is -0.153. The Labute approximate surface area is 101 Å². The molecule has 0 bridgehead atoms. The molecular formula is C11H12BrFO3. The zero-order valence-corrected chi connectivity index (χ0v) is 10.5. The summed E-state index contributed by atoms with van der Waals surface area (Å²) >= 11 is 3.15. The second-order valence-electron chi connectivity index (χ2n) is 3.26. The number of ether oxygens (including phenoxy) is 1. The van der Waals surface area contributed by atoms with E-state index >= 15 is 0 Å². The first-order valence-electron chi connectivity index (χ1n) is 4.77. The molecule has 0 saturated carbocycles. The molecule has 1 aromatic rings. The summed E-state index contributed by atoms with van der Waals surface area (Å²) in [7, 11) is 0. The molecule has 0 aromatic heterocycles. The number of esters is 1. The number of halogens is 2. The van der Waals surface area contributed by atoms with Gasteiger partial charge in [0.2, 0.25) is 0 Å². The number of benzene rings is 1. The first-order valence-corrected chi connectivity index (χ1v) is 5.57. The lowest BCUT2D eigenvalue weighted by Gasteiger charge is -2.13. The smallest absolute Gasteiger partial charge is 0.339 e. The number of aliphatic hydroxyl groups is 1. The summed E-state index contributed by atoms with van der Waals surface area (Å²) in [4.78, 5) is 11.3. The van der Waals surface area contributed by atoms with Crippen LogP contribution in [0.2, 0.25) is 0 Å². The van der Waals surface area contributed by atoms with Crippen LogP contribution < -0.4 is 0 Å². The van der Waals surface area contributed by atoms with Crippen LogP contribution in [0.1, 0.15) is 24.2 Å². The number of hydrogen-bond acceptors (Lipinski definition) is 3. The van der Waals surface area contributed by atoms with Crippen LogP contribution in [-0.4, -0.2) is 17.7 Å². The van der Waals surface area contributed by atoms with E-state index in [4.69, 9.17) is 0 Å². The van der Waals surface area contributed by atoms with Gasteiger partial charge in [0.1, 0.15) is 5.82 Å². The predicted molar refractivity (Wildman–Crippen MR) is 60.4 cm³/mol. The summed E-state index contributed by atoms with van der Waals surface area (Å²) in [6, 6.07) is 2.40. The van der Waals surface area contributed by atoms with Crippen LogP contribution in [0.5, 0.6) is 0 Å². The SMILES string of the molecule is CCOC(=O)C(O)c1cc(F)cc(Br)c1C. The van der Waals surface area contributed by atoms with E-state index in [9.17, 15) is 14.3 Å². The summed E-state index contributed by atoms with van der Waals surface area (Å²) in [5.41, 5.74) is 0.826. The lowest BCUT2D eigenvalue weighted by Crippen LogP contribution is -2.16. The van der Waals surface area contributed by atoms with Crippen molar-refractivity contribution in [2.24, 2.45) is 0 Å². The minimum absolute atomic E-state index is 0.172. The van der Waals surface area contributed by atoms with Crippen molar-refractivity contribution in [2.75, 3.05) is 6.61 Å². The van der Waals surface area contributed by atoms with Gasteiger partial charge in [0.25, 0.3) is 0 Å². The van der Waals surface area contributed by atoms with Gasteiger partial charge in [-0.2, -0.15) is 0 Å². The average molecular weight is 291 g/mol. The zero-order chi connectivity index (χ0) is 12.3. The van der Waals surface area contributed by atoms with Gasteiger partial charge in [-0.05, 0) is 37.1 Å². The van der Waals surface area contributed by atoms with Gasteiger partial charge in [-0.3, -0.25) is 0 Å². The molecule has 0 heterocycles. The van der Waals surface area contributed by atoms with Gasteiger partial charge >= 0.3 is 5.97 Å². The van der Waals surface area contributed by atoms with Crippen molar-refractivity contribution in [3.8, 4) is 0 Å². The molecule has 88 valence electrons. The summed E-state index contributed by atoms with van der Waals surface area (Å²) in [5.74, 6) is -1.29. The summed E-state index contributed by atoms with van der Waals surface area (Å²) in [6.07, 6.45) is -1.45. The van der Waals surface area contributed by atoms with Crippen LogP contribution in [0.3, 0.4) is 0 Å². The molecule has 0 radical (unpaired) electrons. The second kappa shape index (κ2) is 5.41. The summed E-state index contributed by atoms with van der Waals surface area (Å²) in [5, 5.41) is 9.69. The minimum Gasteiger partial charge on any atom is -0.464 e. The molecule has 1 atom stereocenters. The Morgan fingerprint density at radius 3 is 2.81 bits per heavy atom.